The van der Waals surface area contributed by atoms with Crippen molar-refractivity contribution in [3.63, 3.8) is 0 Å². The highest BCUT2D eigenvalue weighted by atomic mass is 79.9. The molecule has 88 valence electrons. The third kappa shape index (κ3) is 2.60. The van der Waals surface area contributed by atoms with Crippen molar-refractivity contribution in [2.75, 3.05) is 6.61 Å². The van der Waals surface area contributed by atoms with Crippen molar-refractivity contribution >= 4 is 27.6 Å². The van der Waals surface area contributed by atoms with Crippen LogP contribution in [0.1, 0.15) is 22.8 Å². The van der Waals surface area contributed by atoms with Crippen molar-refractivity contribution < 1.29 is 14.5 Å². The van der Waals surface area contributed by atoms with Gasteiger partial charge >= 0.3 is 5.97 Å². The van der Waals surface area contributed by atoms with Crippen LogP contribution in [-0.2, 0) is 4.74 Å². The molecule has 0 aliphatic carbocycles. The summed E-state index contributed by atoms with van der Waals surface area (Å²) >= 11 is 3.07. The van der Waals surface area contributed by atoms with Crippen molar-refractivity contribution in [2.45, 2.75) is 6.92 Å². The first-order chi connectivity index (χ1) is 8.02. The van der Waals surface area contributed by atoms with Crippen LogP contribution in [0, 0.1) is 21.4 Å². The van der Waals surface area contributed by atoms with Crippen LogP contribution < -0.4 is 0 Å². The minimum atomic E-state index is -0.764. The van der Waals surface area contributed by atoms with Gasteiger partial charge in [0.2, 0.25) is 0 Å². The molecule has 6 nitrogen and oxygen atoms in total. The lowest BCUT2D eigenvalue weighted by molar-refractivity contribution is -0.385. The van der Waals surface area contributed by atoms with Crippen LogP contribution in [0.25, 0.3) is 0 Å². The Balaban J connectivity index is 3.47. The molecule has 0 amide bonds. The number of nitrogens with zero attached hydrogens (tertiary/aromatic N) is 2. The summed E-state index contributed by atoms with van der Waals surface area (Å²) < 4.78 is 5.03. The van der Waals surface area contributed by atoms with E-state index in [4.69, 9.17) is 10.00 Å². The molecule has 0 saturated heterocycles. The van der Waals surface area contributed by atoms with Gasteiger partial charge in [-0.15, -0.1) is 0 Å². The van der Waals surface area contributed by atoms with Gasteiger partial charge in [-0.1, -0.05) is 0 Å². The number of carbonyl (C=O) groups excluding carboxylic acids is 1. The molecular formula is C10H7BrN2O4. The summed E-state index contributed by atoms with van der Waals surface area (Å²) in [7, 11) is 0. The van der Waals surface area contributed by atoms with E-state index >= 15 is 0 Å². The highest BCUT2D eigenvalue weighted by Gasteiger charge is 2.25. The molecule has 0 bridgehead atoms. The van der Waals surface area contributed by atoms with Gasteiger partial charge < -0.3 is 4.74 Å². The number of rotatable bonds is 3. The second kappa shape index (κ2) is 5.41. The van der Waals surface area contributed by atoms with Crippen molar-refractivity contribution in [2.24, 2.45) is 0 Å². The van der Waals surface area contributed by atoms with Crippen molar-refractivity contribution in [1.29, 1.82) is 5.26 Å². The van der Waals surface area contributed by atoms with Crippen LogP contribution in [0.5, 0.6) is 0 Å². The van der Waals surface area contributed by atoms with Crippen LogP contribution in [0.3, 0.4) is 0 Å². The Labute approximate surface area is 105 Å². The van der Waals surface area contributed by atoms with E-state index in [9.17, 15) is 14.9 Å². The molecule has 1 aromatic carbocycles. The number of nitriles is 1. The largest absolute Gasteiger partial charge is 0.462 e. The number of nitro benzene ring substituents is 1. The second-order valence-electron chi connectivity index (χ2n) is 2.91. The van der Waals surface area contributed by atoms with E-state index < -0.39 is 16.6 Å². The maximum absolute atomic E-state index is 11.6. The molecule has 0 saturated carbocycles. The summed E-state index contributed by atoms with van der Waals surface area (Å²) in [6, 6.07) is 4.15. The first-order valence-corrected chi connectivity index (χ1v) is 5.36. The van der Waals surface area contributed by atoms with Gasteiger partial charge in [-0.05, 0) is 28.9 Å². The molecule has 1 rings (SSSR count). The van der Waals surface area contributed by atoms with Crippen LogP contribution in [0.4, 0.5) is 5.69 Å². The first kappa shape index (κ1) is 13.1. The van der Waals surface area contributed by atoms with Crippen LogP contribution >= 0.6 is 15.9 Å². The molecule has 0 unspecified atom stereocenters. The van der Waals surface area contributed by atoms with Gasteiger partial charge in [0, 0.05) is 10.5 Å². The monoisotopic (exact) mass is 298 g/mol. The lowest BCUT2D eigenvalue weighted by Gasteiger charge is -2.06. The SMILES string of the molecule is CCOC(=O)c1c(Br)ccc([N+](=O)[O-])c1C#N. The molecule has 0 spiro atoms. The quantitative estimate of drug-likeness (QED) is 0.485. The lowest BCUT2D eigenvalue weighted by Crippen LogP contribution is -2.09. The van der Waals surface area contributed by atoms with Crippen LogP contribution in [0.2, 0.25) is 0 Å². The maximum Gasteiger partial charge on any atom is 0.340 e. The second-order valence-corrected chi connectivity index (χ2v) is 3.76. The molecule has 0 radical (unpaired) electrons. The molecule has 0 aromatic heterocycles. The number of esters is 1. The Morgan fingerprint density at radius 2 is 2.29 bits per heavy atom. The molecule has 0 N–H and O–H groups in total. The number of ether oxygens (including phenoxy) is 1. The van der Waals surface area contributed by atoms with Gasteiger partial charge in [0.1, 0.15) is 11.6 Å². The van der Waals surface area contributed by atoms with E-state index in [1.54, 1.807) is 13.0 Å². The lowest BCUT2D eigenvalue weighted by atomic mass is 10.1. The number of nitro groups is 1. The summed E-state index contributed by atoms with van der Waals surface area (Å²) in [6.45, 7) is 1.73. The number of benzene rings is 1. The molecule has 0 aliphatic rings. The number of halogens is 1. The minimum Gasteiger partial charge on any atom is -0.462 e. The molecule has 17 heavy (non-hydrogen) atoms. The average molecular weight is 299 g/mol. The number of hydrogen-bond acceptors (Lipinski definition) is 5. The normalized spacial score (nSPS) is 9.47. The Hall–Kier alpha value is -1.94. The van der Waals surface area contributed by atoms with E-state index in [0.29, 0.717) is 0 Å². The zero-order valence-corrected chi connectivity index (χ0v) is 10.4. The van der Waals surface area contributed by atoms with Gasteiger partial charge in [0.05, 0.1) is 17.1 Å². The van der Waals surface area contributed by atoms with Crippen molar-refractivity contribution in [3.05, 3.63) is 37.8 Å². The Morgan fingerprint density at radius 1 is 1.65 bits per heavy atom. The molecule has 1 aromatic rings. The molecular weight excluding hydrogens is 292 g/mol. The van der Waals surface area contributed by atoms with Gasteiger partial charge in [0.15, 0.2) is 0 Å². The van der Waals surface area contributed by atoms with Crippen LogP contribution in [0.15, 0.2) is 16.6 Å². The Bertz CT molecular complexity index is 522. The number of carbonyl (C=O) groups is 1. The fourth-order valence-electron chi connectivity index (χ4n) is 1.23. The topological polar surface area (TPSA) is 93.2 Å². The van der Waals surface area contributed by atoms with Gasteiger partial charge in [-0.3, -0.25) is 10.1 Å². The Kier molecular flexibility index (Phi) is 4.17. The summed E-state index contributed by atoms with van der Waals surface area (Å²) in [5, 5.41) is 19.6. The van der Waals surface area contributed by atoms with Crippen molar-refractivity contribution in [3.8, 4) is 6.07 Å². The summed E-state index contributed by atoms with van der Waals surface area (Å²) in [5.41, 5.74) is -0.842. The zero-order chi connectivity index (χ0) is 13.0. The summed E-state index contributed by atoms with van der Waals surface area (Å²) in [6.07, 6.45) is 0. The standard InChI is InChI=1S/C10H7BrN2O4/c1-2-17-10(14)9-6(5-12)8(13(15)16)4-3-7(9)11/h3-4H,2H2,1H3. The third-order valence-electron chi connectivity index (χ3n) is 1.92. The fraction of sp³-hybridized carbons (Fsp3) is 0.200. The molecule has 0 atom stereocenters. The fourth-order valence-corrected chi connectivity index (χ4v) is 1.73. The highest BCUT2D eigenvalue weighted by Crippen LogP contribution is 2.28. The first-order valence-electron chi connectivity index (χ1n) is 4.57. The van der Waals surface area contributed by atoms with Gasteiger partial charge in [-0.25, -0.2) is 4.79 Å². The van der Waals surface area contributed by atoms with Gasteiger partial charge in [0.25, 0.3) is 5.69 Å². The van der Waals surface area contributed by atoms with Crippen molar-refractivity contribution in [1.82, 2.24) is 0 Å². The summed E-state index contributed by atoms with van der Waals surface area (Å²) in [5.74, 6) is -0.764. The summed E-state index contributed by atoms with van der Waals surface area (Å²) in [4.78, 5) is 21.6. The smallest absolute Gasteiger partial charge is 0.340 e. The maximum atomic E-state index is 11.6. The molecule has 0 aliphatic heterocycles. The molecule has 0 heterocycles. The van der Waals surface area contributed by atoms with Crippen LogP contribution in [-0.4, -0.2) is 17.5 Å². The molecule has 0 fully saturated rings. The third-order valence-corrected chi connectivity index (χ3v) is 2.58. The predicted octanol–water partition coefficient (Wildman–Crippen LogP) is 2.41. The number of hydrogen-bond donors (Lipinski definition) is 0. The average Bonchev–Trinajstić information content (AvgIpc) is 2.28. The minimum absolute atomic E-state index is 0.122. The Morgan fingerprint density at radius 3 is 2.76 bits per heavy atom. The van der Waals surface area contributed by atoms with E-state index in [-0.39, 0.29) is 22.2 Å². The van der Waals surface area contributed by atoms with E-state index in [0.717, 1.165) is 6.07 Å². The highest BCUT2D eigenvalue weighted by molar-refractivity contribution is 9.10. The van der Waals surface area contributed by atoms with E-state index in [1.807, 2.05) is 0 Å². The van der Waals surface area contributed by atoms with E-state index in [2.05, 4.69) is 15.9 Å². The predicted molar refractivity (Wildman–Crippen MR) is 61.5 cm³/mol. The van der Waals surface area contributed by atoms with E-state index in [1.165, 1.54) is 6.07 Å². The molecule has 7 heteroatoms. The van der Waals surface area contributed by atoms with Gasteiger partial charge in [-0.2, -0.15) is 5.26 Å². The zero-order valence-electron chi connectivity index (χ0n) is 8.77.